The van der Waals surface area contributed by atoms with Crippen molar-refractivity contribution >= 4 is 0 Å². The molecule has 16 heavy (non-hydrogen) atoms. The lowest BCUT2D eigenvalue weighted by Gasteiger charge is -2.02. The Bertz CT molecular complexity index is 445. The summed E-state index contributed by atoms with van der Waals surface area (Å²) in [5, 5.41) is 7.16. The number of nitrogens with one attached hydrogen (secondary N) is 1. The van der Waals surface area contributed by atoms with E-state index in [4.69, 9.17) is 4.52 Å². The highest BCUT2D eigenvalue weighted by atomic mass is 16.5. The average molecular weight is 216 g/mol. The second kappa shape index (κ2) is 4.94. The Labute approximate surface area is 95.5 Å². The number of rotatable bonds is 4. The van der Waals surface area contributed by atoms with E-state index in [0.717, 1.165) is 18.0 Å². The summed E-state index contributed by atoms with van der Waals surface area (Å²) in [6.45, 7) is 5.58. The van der Waals surface area contributed by atoms with Gasteiger partial charge in [-0.2, -0.15) is 0 Å². The van der Waals surface area contributed by atoms with Gasteiger partial charge in [0.25, 0.3) is 0 Å². The van der Waals surface area contributed by atoms with E-state index < -0.39 is 0 Å². The number of hydrogen-bond donors (Lipinski definition) is 1. The van der Waals surface area contributed by atoms with Crippen LogP contribution in [0.15, 0.2) is 34.9 Å². The summed E-state index contributed by atoms with van der Waals surface area (Å²) in [5.41, 5.74) is 3.49. The van der Waals surface area contributed by atoms with Crippen LogP contribution in [0.2, 0.25) is 0 Å². The monoisotopic (exact) mass is 216 g/mol. The fraction of sp³-hybridized carbons (Fsp3) is 0.308. The quantitative estimate of drug-likeness (QED) is 0.853. The van der Waals surface area contributed by atoms with E-state index in [1.807, 2.05) is 13.0 Å². The highest BCUT2D eigenvalue weighted by Crippen LogP contribution is 2.04. The molecule has 1 aromatic carbocycles. The molecule has 0 radical (unpaired) electrons. The van der Waals surface area contributed by atoms with Crippen molar-refractivity contribution in [3.63, 3.8) is 0 Å². The van der Waals surface area contributed by atoms with Crippen LogP contribution in [-0.4, -0.2) is 5.16 Å². The first kappa shape index (κ1) is 10.9. The molecule has 0 aliphatic carbocycles. The van der Waals surface area contributed by atoms with Crippen LogP contribution in [0.3, 0.4) is 0 Å². The SMILES string of the molecule is Cc1ccc(CNCc2cc(C)no2)cc1. The van der Waals surface area contributed by atoms with Crippen LogP contribution < -0.4 is 5.32 Å². The van der Waals surface area contributed by atoms with Crippen LogP contribution >= 0.6 is 0 Å². The van der Waals surface area contributed by atoms with Crippen molar-refractivity contribution in [3.05, 3.63) is 52.9 Å². The number of benzene rings is 1. The standard InChI is InChI=1S/C13H16N2O/c1-10-3-5-12(6-4-10)8-14-9-13-7-11(2)15-16-13/h3-7,14H,8-9H2,1-2H3. The first-order valence-electron chi connectivity index (χ1n) is 5.42. The minimum Gasteiger partial charge on any atom is -0.360 e. The van der Waals surface area contributed by atoms with E-state index in [9.17, 15) is 0 Å². The van der Waals surface area contributed by atoms with Crippen molar-refractivity contribution in [1.29, 1.82) is 0 Å². The number of aromatic nitrogens is 1. The van der Waals surface area contributed by atoms with Gasteiger partial charge < -0.3 is 9.84 Å². The second-order valence-corrected chi connectivity index (χ2v) is 4.02. The van der Waals surface area contributed by atoms with E-state index in [2.05, 4.69) is 41.7 Å². The molecule has 3 nitrogen and oxygen atoms in total. The molecule has 0 saturated carbocycles. The van der Waals surface area contributed by atoms with Gasteiger partial charge in [0.1, 0.15) is 0 Å². The molecule has 2 rings (SSSR count). The molecule has 0 aliphatic rings. The van der Waals surface area contributed by atoms with Crippen LogP contribution in [-0.2, 0) is 13.1 Å². The zero-order valence-corrected chi connectivity index (χ0v) is 9.66. The third-order valence-corrected chi connectivity index (χ3v) is 2.43. The predicted molar refractivity (Wildman–Crippen MR) is 63.0 cm³/mol. The lowest BCUT2D eigenvalue weighted by atomic mass is 10.1. The molecule has 0 amide bonds. The van der Waals surface area contributed by atoms with Crippen molar-refractivity contribution in [2.75, 3.05) is 0 Å². The Morgan fingerprint density at radius 3 is 2.50 bits per heavy atom. The first-order valence-corrected chi connectivity index (χ1v) is 5.42. The smallest absolute Gasteiger partial charge is 0.150 e. The summed E-state index contributed by atoms with van der Waals surface area (Å²) in [7, 11) is 0. The average Bonchev–Trinajstić information content (AvgIpc) is 2.67. The van der Waals surface area contributed by atoms with Crippen molar-refractivity contribution in [2.45, 2.75) is 26.9 Å². The van der Waals surface area contributed by atoms with Gasteiger partial charge in [-0.3, -0.25) is 0 Å². The Morgan fingerprint density at radius 1 is 1.12 bits per heavy atom. The fourth-order valence-electron chi connectivity index (χ4n) is 1.54. The molecule has 3 heteroatoms. The molecule has 1 aromatic heterocycles. The minimum atomic E-state index is 0.717. The van der Waals surface area contributed by atoms with Crippen molar-refractivity contribution in [3.8, 4) is 0 Å². The van der Waals surface area contributed by atoms with Gasteiger partial charge in [-0.1, -0.05) is 35.0 Å². The topological polar surface area (TPSA) is 38.1 Å². The lowest BCUT2D eigenvalue weighted by molar-refractivity contribution is 0.369. The lowest BCUT2D eigenvalue weighted by Crippen LogP contribution is -2.11. The van der Waals surface area contributed by atoms with Gasteiger partial charge in [0.05, 0.1) is 12.2 Å². The molecular formula is C13H16N2O. The maximum Gasteiger partial charge on any atom is 0.150 e. The molecule has 1 heterocycles. The molecular weight excluding hydrogens is 200 g/mol. The molecule has 0 saturated heterocycles. The summed E-state index contributed by atoms with van der Waals surface area (Å²) in [6.07, 6.45) is 0. The maximum absolute atomic E-state index is 5.11. The zero-order chi connectivity index (χ0) is 11.4. The Balaban J connectivity index is 1.82. The largest absolute Gasteiger partial charge is 0.360 e. The molecule has 0 fully saturated rings. The van der Waals surface area contributed by atoms with E-state index in [1.165, 1.54) is 11.1 Å². The van der Waals surface area contributed by atoms with Gasteiger partial charge in [-0.15, -0.1) is 0 Å². The number of aryl methyl sites for hydroxylation is 2. The Hall–Kier alpha value is -1.61. The summed E-state index contributed by atoms with van der Waals surface area (Å²) in [6, 6.07) is 10.5. The van der Waals surface area contributed by atoms with Crippen LogP contribution in [0.1, 0.15) is 22.6 Å². The maximum atomic E-state index is 5.11. The van der Waals surface area contributed by atoms with Crippen molar-refractivity contribution < 1.29 is 4.52 Å². The van der Waals surface area contributed by atoms with Gasteiger partial charge in [-0.25, -0.2) is 0 Å². The molecule has 0 bridgehead atoms. The fourth-order valence-corrected chi connectivity index (χ4v) is 1.54. The van der Waals surface area contributed by atoms with E-state index in [-0.39, 0.29) is 0 Å². The van der Waals surface area contributed by atoms with Crippen LogP contribution in [0, 0.1) is 13.8 Å². The second-order valence-electron chi connectivity index (χ2n) is 4.02. The first-order chi connectivity index (χ1) is 7.74. The summed E-state index contributed by atoms with van der Waals surface area (Å²) < 4.78 is 5.11. The van der Waals surface area contributed by atoms with Gasteiger partial charge >= 0.3 is 0 Å². The van der Waals surface area contributed by atoms with Gasteiger partial charge in [0.2, 0.25) is 0 Å². The van der Waals surface area contributed by atoms with E-state index in [0.29, 0.717) is 6.54 Å². The molecule has 0 aliphatic heterocycles. The van der Waals surface area contributed by atoms with Crippen LogP contribution in [0.4, 0.5) is 0 Å². The molecule has 2 aromatic rings. The number of nitrogens with zero attached hydrogens (tertiary/aromatic N) is 1. The Kier molecular flexibility index (Phi) is 3.37. The third kappa shape index (κ3) is 2.94. The minimum absolute atomic E-state index is 0.717. The van der Waals surface area contributed by atoms with Crippen LogP contribution in [0.5, 0.6) is 0 Å². The third-order valence-electron chi connectivity index (χ3n) is 2.43. The molecule has 1 N–H and O–H groups in total. The van der Waals surface area contributed by atoms with Gasteiger partial charge in [-0.05, 0) is 19.4 Å². The zero-order valence-electron chi connectivity index (χ0n) is 9.66. The highest BCUT2D eigenvalue weighted by molar-refractivity contribution is 5.21. The predicted octanol–water partition coefficient (Wildman–Crippen LogP) is 2.58. The summed E-state index contributed by atoms with van der Waals surface area (Å²) >= 11 is 0. The van der Waals surface area contributed by atoms with Crippen molar-refractivity contribution in [1.82, 2.24) is 10.5 Å². The molecule has 0 unspecified atom stereocenters. The van der Waals surface area contributed by atoms with Crippen LogP contribution in [0.25, 0.3) is 0 Å². The van der Waals surface area contributed by atoms with Crippen molar-refractivity contribution in [2.24, 2.45) is 0 Å². The van der Waals surface area contributed by atoms with E-state index >= 15 is 0 Å². The molecule has 84 valence electrons. The van der Waals surface area contributed by atoms with Gasteiger partial charge in [0, 0.05) is 12.6 Å². The van der Waals surface area contributed by atoms with Gasteiger partial charge in [0.15, 0.2) is 5.76 Å². The molecule has 0 atom stereocenters. The van der Waals surface area contributed by atoms with E-state index in [1.54, 1.807) is 0 Å². The molecule has 0 spiro atoms. The highest BCUT2D eigenvalue weighted by Gasteiger charge is 1.99. The number of hydrogen-bond acceptors (Lipinski definition) is 3. The Morgan fingerprint density at radius 2 is 1.88 bits per heavy atom. The summed E-state index contributed by atoms with van der Waals surface area (Å²) in [4.78, 5) is 0. The normalized spacial score (nSPS) is 10.6. The summed E-state index contributed by atoms with van der Waals surface area (Å²) in [5.74, 6) is 0.879.